The van der Waals surface area contributed by atoms with Crippen LogP contribution in [-0.4, -0.2) is 69.4 Å². The molecule has 1 rings (SSSR count). The zero-order valence-electron chi connectivity index (χ0n) is 10.5. The normalized spacial score (nSPS) is 34.9. The van der Waals surface area contributed by atoms with Crippen LogP contribution in [0.25, 0.3) is 0 Å². The lowest BCUT2D eigenvalue weighted by atomic mass is 9.97. The molecule has 0 aromatic carbocycles. The SMILES string of the molecule is CC(=O)CCC(=O)NC1[C@H](O)OC(CO)[C@@H](O)[C@@H]1O. The standard InChI is InChI=1S/C11H19NO7/c1-5(14)2-3-7(15)12-8-10(17)9(16)6(4-13)19-11(8)18/h6,8-11,13,16-18H,2-4H2,1H3,(H,12,15)/t6?,8?,9-,10-,11-/m1/s1. The van der Waals surface area contributed by atoms with Crippen molar-refractivity contribution in [3.8, 4) is 0 Å². The topological polar surface area (TPSA) is 136 Å². The first-order valence-corrected chi connectivity index (χ1v) is 5.96. The lowest BCUT2D eigenvalue weighted by Gasteiger charge is -2.40. The van der Waals surface area contributed by atoms with Gasteiger partial charge in [0.15, 0.2) is 6.29 Å². The Morgan fingerprint density at radius 3 is 2.32 bits per heavy atom. The number of Topliss-reactive ketones (excluding diaryl/α,β-unsaturated/α-hetero) is 1. The number of nitrogens with one attached hydrogen (secondary N) is 1. The molecule has 8 nitrogen and oxygen atoms in total. The second kappa shape index (κ2) is 6.92. The van der Waals surface area contributed by atoms with Crippen LogP contribution in [0, 0.1) is 0 Å². The molecule has 1 heterocycles. The van der Waals surface area contributed by atoms with E-state index >= 15 is 0 Å². The summed E-state index contributed by atoms with van der Waals surface area (Å²) < 4.78 is 4.87. The predicted octanol–water partition coefficient (Wildman–Crippen LogP) is -2.73. The van der Waals surface area contributed by atoms with Crippen molar-refractivity contribution in [2.75, 3.05) is 6.61 Å². The highest BCUT2D eigenvalue weighted by atomic mass is 16.6. The average molecular weight is 277 g/mol. The minimum Gasteiger partial charge on any atom is -0.394 e. The summed E-state index contributed by atoms with van der Waals surface area (Å²) in [6.07, 6.45) is -5.58. The van der Waals surface area contributed by atoms with Gasteiger partial charge in [-0.25, -0.2) is 0 Å². The number of hydrogen-bond donors (Lipinski definition) is 5. The third-order valence-corrected chi connectivity index (χ3v) is 2.93. The van der Waals surface area contributed by atoms with Crippen LogP contribution < -0.4 is 5.32 Å². The average Bonchev–Trinajstić information content (AvgIpc) is 2.36. The van der Waals surface area contributed by atoms with Crippen molar-refractivity contribution in [1.29, 1.82) is 0 Å². The molecule has 1 fully saturated rings. The van der Waals surface area contributed by atoms with Gasteiger partial charge in [0.1, 0.15) is 30.1 Å². The lowest BCUT2D eigenvalue weighted by Crippen LogP contribution is -2.64. The molecule has 0 saturated carbocycles. The maximum Gasteiger partial charge on any atom is 0.220 e. The Labute approximate surface area is 110 Å². The number of aliphatic hydroxyl groups excluding tert-OH is 4. The Kier molecular flexibility index (Phi) is 5.83. The van der Waals surface area contributed by atoms with E-state index in [0.717, 1.165) is 0 Å². The van der Waals surface area contributed by atoms with Crippen LogP contribution in [-0.2, 0) is 14.3 Å². The number of ether oxygens (including phenoxy) is 1. The minimum absolute atomic E-state index is 0.0490. The molecule has 0 aromatic rings. The Morgan fingerprint density at radius 1 is 1.16 bits per heavy atom. The van der Waals surface area contributed by atoms with Crippen LogP contribution in [0.3, 0.4) is 0 Å². The van der Waals surface area contributed by atoms with Crippen molar-refractivity contribution in [2.45, 2.75) is 50.4 Å². The molecule has 1 amide bonds. The monoisotopic (exact) mass is 277 g/mol. The minimum atomic E-state index is -1.54. The van der Waals surface area contributed by atoms with Gasteiger partial charge in [0.25, 0.3) is 0 Å². The van der Waals surface area contributed by atoms with E-state index in [-0.39, 0.29) is 18.6 Å². The molecule has 0 bridgehead atoms. The number of hydrogen-bond acceptors (Lipinski definition) is 7. The van der Waals surface area contributed by atoms with E-state index in [1.165, 1.54) is 6.92 Å². The molecule has 2 unspecified atom stereocenters. The molecule has 5 atom stereocenters. The molecule has 0 aromatic heterocycles. The summed E-state index contributed by atoms with van der Waals surface area (Å²) in [6.45, 7) is 0.774. The van der Waals surface area contributed by atoms with E-state index < -0.39 is 43.2 Å². The third-order valence-electron chi connectivity index (χ3n) is 2.93. The number of ketones is 1. The Balaban J connectivity index is 2.57. The number of aliphatic hydroxyl groups is 4. The molecule has 1 aliphatic rings. The van der Waals surface area contributed by atoms with Gasteiger partial charge in [-0.15, -0.1) is 0 Å². The van der Waals surface area contributed by atoms with Gasteiger partial charge in [0.05, 0.1) is 6.61 Å². The highest BCUT2D eigenvalue weighted by Crippen LogP contribution is 2.19. The summed E-state index contributed by atoms with van der Waals surface area (Å²) in [4.78, 5) is 22.2. The molecular formula is C11H19NO7. The highest BCUT2D eigenvalue weighted by molar-refractivity contribution is 5.83. The number of rotatable bonds is 5. The largest absolute Gasteiger partial charge is 0.394 e. The first-order valence-electron chi connectivity index (χ1n) is 5.96. The number of amides is 1. The second-order valence-electron chi connectivity index (χ2n) is 4.52. The molecule has 0 aliphatic carbocycles. The van der Waals surface area contributed by atoms with Crippen molar-refractivity contribution < 1.29 is 34.8 Å². The lowest BCUT2D eigenvalue weighted by molar-refractivity contribution is -0.253. The van der Waals surface area contributed by atoms with Crippen LogP contribution in [0.5, 0.6) is 0 Å². The van der Waals surface area contributed by atoms with Gasteiger partial charge >= 0.3 is 0 Å². The van der Waals surface area contributed by atoms with Crippen molar-refractivity contribution in [2.24, 2.45) is 0 Å². The van der Waals surface area contributed by atoms with E-state index in [1.54, 1.807) is 0 Å². The van der Waals surface area contributed by atoms with Gasteiger partial charge in [-0.3, -0.25) is 4.79 Å². The van der Waals surface area contributed by atoms with Gasteiger partial charge in [0.2, 0.25) is 5.91 Å². The van der Waals surface area contributed by atoms with Crippen LogP contribution in [0.15, 0.2) is 0 Å². The molecule has 0 spiro atoms. The number of carbonyl (C=O) groups excluding carboxylic acids is 2. The molecule has 8 heteroatoms. The van der Waals surface area contributed by atoms with Crippen LogP contribution in [0.2, 0.25) is 0 Å². The summed E-state index contributed by atoms with van der Waals surface area (Å²) in [7, 11) is 0. The zero-order valence-corrected chi connectivity index (χ0v) is 10.5. The van der Waals surface area contributed by atoms with E-state index in [4.69, 9.17) is 9.84 Å². The second-order valence-corrected chi connectivity index (χ2v) is 4.52. The van der Waals surface area contributed by atoms with Crippen LogP contribution in [0.4, 0.5) is 0 Å². The van der Waals surface area contributed by atoms with Crippen molar-refractivity contribution in [3.05, 3.63) is 0 Å². The smallest absolute Gasteiger partial charge is 0.220 e. The van der Waals surface area contributed by atoms with Gasteiger partial charge in [0, 0.05) is 12.8 Å². The molecule has 1 saturated heterocycles. The molecule has 0 radical (unpaired) electrons. The zero-order chi connectivity index (χ0) is 14.6. The molecule has 5 N–H and O–H groups in total. The Hall–Kier alpha value is -1.06. The summed E-state index contributed by atoms with van der Waals surface area (Å²) >= 11 is 0. The first-order chi connectivity index (χ1) is 8.86. The van der Waals surface area contributed by atoms with Gasteiger partial charge in [-0.1, -0.05) is 0 Å². The maximum atomic E-state index is 11.5. The van der Waals surface area contributed by atoms with E-state index in [1.807, 2.05) is 0 Å². The molecule has 19 heavy (non-hydrogen) atoms. The van der Waals surface area contributed by atoms with Gasteiger partial charge in [-0.2, -0.15) is 0 Å². The van der Waals surface area contributed by atoms with E-state index in [9.17, 15) is 24.9 Å². The third kappa shape index (κ3) is 4.22. The fraction of sp³-hybridized carbons (Fsp3) is 0.818. The van der Waals surface area contributed by atoms with E-state index in [0.29, 0.717) is 0 Å². The van der Waals surface area contributed by atoms with Gasteiger partial charge < -0.3 is 35.3 Å². The molecule has 110 valence electrons. The first kappa shape index (κ1) is 16.0. The fourth-order valence-corrected chi connectivity index (χ4v) is 1.80. The Bertz CT molecular complexity index is 335. The van der Waals surface area contributed by atoms with Gasteiger partial charge in [-0.05, 0) is 6.92 Å². The summed E-state index contributed by atoms with van der Waals surface area (Å²) in [5.41, 5.74) is 0. The predicted molar refractivity (Wildman–Crippen MR) is 61.8 cm³/mol. The maximum absolute atomic E-state index is 11.5. The summed E-state index contributed by atoms with van der Waals surface area (Å²) in [5.74, 6) is -0.701. The fourth-order valence-electron chi connectivity index (χ4n) is 1.80. The van der Waals surface area contributed by atoms with E-state index in [2.05, 4.69) is 5.32 Å². The van der Waals surface area contributed by atoms with Crippen molar-refractivity contribution >= 4 is 11.7 Å². The summed E-state index contributed by atoms with van der Waals surface area (Å²) in [5, 5.41) is 40.1. The Morgan fingerprint density at radius 2 is 1.79 bits per heavy atom. The van der Waals surface area contributed by atoms with Crippen molar-refractivity contribution in [3.63, 3.8) is 0 Å². The number of carbonyl (C=O) groups is 2. The summed E-state index contributed by atoms with van der Waals surface area (Å²) in [6, 6.07) is -1.21. The van der Waals surface area contributed by atoms with Crippen molar-refractivity contribution in [1.82, 2.24) is 5.32 Å². The van der Waals surface area contributed by atoms with Crippen LogP contribution >= 0.6 is 0 Å². The molecular weight excluding hydrogens is 258 g/mol. The quantitative estimate of drug-likeness (QED) is 0.368. The van der Waals surface area contributed by atoms with Crippen LogP contribution in [0.1, 0.15) is 19.8 Å². The highest BCUT2D eigenvalue weighted by Gasteiger charge is 2.44. The molecule has 1 aliphatic heterocycles.